The molecule has 80 valence electrons. The van der Waals surface area contributed by atoms with Crippen molar-refractivity contribution in [3.8, 4) is 0 Å². The maximum Gasteiger partial charge on any atom is 0.319 e. The smallest absolute Gasteiger partial charge is 0.319 e. The van der Waals surface area contributed by atoms with Gasteiger partial charge in [0.2, 0.25) is 0 Å². The van der Waals surface area contributed by atoms with Crippen LogP contribution < -0.4 is 0 Å². The highest BCUT2D eigenvalue weighted by Crippen LogP contribution is 2.22. The second-order valence-corrected chi connectivity index (χ2v) is 4.15. The normalized spacial score (nSPS) is 18.4. The SMILES string of the molecule is CN1CC(c2ccccc2)CN(C)C1=O. The van der Waals surface area contributed by atoms with Crippen molar-refractivity contribution < 1.29 is 4.79 Å². The van der Waals surface area contributed by atoms with Crippen LogP contribution >= 0.6 is 0 Å². The van der Waals surface area contributed by atoms with E-state index in [4.69, 9.17) is 0 Å². The molecule has 1 saturated heterocycles. The van der Waals surface area contributed by atoms with Crippen LogP contribution in [0, 0.1) is 0 Å². The van der Waals surface area contributed by atoms with Gasteiger partial charge in [-0.05, 0) is 5.56 Å². The van der Waals surface area contributed by atoms with E-state index >= 15 is 0 Å². The van der Waals surface area contributed by atoms with Crippen molar-refractivity contribution in [1.29, 1.82) is 0 Å². The number of benzene rings is 1. The summed E-state index contributed by atoms with van der Waals surface area (Å²) in [5.74, 6) is 0.430. The molecule has 0 unspecified atom stereocenters. The van der Waals surface area contributed by atoms with Gasteiger partial charge in [0.25, 0.3) is 0 Å². The Labute approximate surface area is 90.3 Å². The lowest BCUT2D eigenvalue weighted by atomic mass is 9.97. The summed E-state index contributed by atoms with van der Waals surface area (Å²) >= 11 is 0. The Balaban J connectivity index is 2.16. The third-order valence-corrected chi connectivity index (χ3v) is 2.91. The molecule has 1 heterocycles. The lowest BCUT2D eigenvalue weighted by molar-refractivity contribution is 0.144. The molecule has 3 heteroatoms. The number of carbonyl (C=O) groups is 1. The molecule has 1 aliphatic rings. The average molecular weight is 204 g/mol. The van der Waals surface area contributed by atoms with Crippen molar-refractivity contribution >= 4 is 6.03 Å². The van der Waals surface area contributed by atoms with Gasteiger partial charge in [0.05, 0.1) is 0 Å². The Morgan fingerprint density at radius 2 is 1.60 bits per heavy atom. The Bertz CT molecular complexity index is 336. The minimum absolute atomic E-state index is 0.113. The summed E-state index contributed by atoms with van der Waals surface area (Å²) in [5.41, 5.74) is 1.31. The fourth-order valence-corrected chi connectivity index (χ4v) is 2.10. The molecule has 1 fully saturated rings. The van der Waals surface area contributed by atoms with E-state index in [1.54, 1.807) is 9.80 Å². The summed E-state index contributed by atoms with van der Waals surface area (Å²) in [6.45, 7) is 1.63. The van der Waals surface area contributed by atoms with Gasteiger partial charge >= 0.3 is 6.03 Å². The van der Waals surface area contributed by atoms with Crippen molar-refractivity contribution in [1.82, 2.24) is 9.80 Å². The van der Waals surface area contributed by atoms with E-state index in [1.807, 2.05) is 32.3 Å². The Morgan fingerprint density at radius 3 is 2.13 bits per heavy atom. The van der Waals surface area contributed by atoms with Gasteiger partial charge in [-0.15, -0.1) is 0 Å². The van der Waals surface area contributed by atoms with Crippen LogP contribution in [0.5, 0.6) is 0 Å². The molecule has 0 aliphatic carbocycles. The predicted octanol–water partition coefficient (Wildman–Crippen LogP) is 1.77. The van der Waals surface area contributed by atoms with Crippen LogP contribution in [0.1, 0.15) is 11.5 Å². The molecule has 3 nitrogen and oxygen atoms in total. The van der Waals surface area contributed by atoms with E-state index in [1.165, 1.54) is 5.56 Å². The molecular formula is C12H16N2O. The standard InChI is InChI=1S/C12H16N2O/c1-13-8-11(9-14(2)12(13)15)10-6-4-3-5-7-10/h3-7,11H,8-9H2,1-2H3. The summed E-state index contributed by atoms with van der Waals surface area (Å²) in [5, 5.41) is 0. The van der Waals surface area contributed by atoms with Gasteiger partial charge < -0.3 is 9.80 Å². The highest BCUT2D eigenvalue weighted by Gasteiger charge is 2.27. The minimum atomic E-state index is 0.113. The molecule has 0 aromatic heterocycles. The number of hydrogen-bond donors (Lipinski definition) is 0. The fourth-order valence-electron chi connectivity index (χ4n) is 2.10. The first-order valence-corrected chi connectivity index (χ1v) is 5.19. The van der Waals surface area contributed by atoms with Crippen LogP contribution in [0.4, 0.5) is 4.79 Å². The van der Waals surface area contributed by atoms with Crippen molar-refractivity contribution in [3.05, 3.63) is 35.9 Å². The molecular weight excluding hydrogens is 188 g/mol. The highest BCUT2D eigenvalue weighted by molar-refractivity contribution is 5.75. The van der Waals surface area contributed by atoms with Crippen LogP contribution in [0.2, 0.25) is 0 Å². The molecule has 0 atom stereocenters. The van der Waals surface area contributed by atoms with Gasteiger partial charge in [-0.2, -0.15) is 0 Å². The molecule has 15 heavy (non-hydrogen) atoms. The van der Waals surface area contributed by atoms with E-state index in [9.17, 15) is 4.79 Å². The zero-order chi connectivity index (χ0) is 10.8. The zero-order valence-electron chi connectivity index (χ0n) is 9.18. The first-order chi connectivity index (χ1) is 7.18. The second kappa shape index (κ2) is 3.93. The van der Waals surface area contributed by atoms with Crippen molar-refractivity contribution in [2.45, 2.75) is 5.92 Å². The fraction of sp³-hybridized carbons (Fsp3) is 0.417. The summed E-state index contributed by atoms with van der Waals surface area (Å²) in [6.07, 6.45) is 0. The molecule has 2 rings (SSSR count). The summed E-state index contributed by atoms with van der Waals surface area (Å²) < 4.78 is 0. The number of hydrogen-bond acceptors (Lipinski definition) is 1. The average Bonchev–Trinajstić information content (AvgIpc) is 2.26. The second-order valence-electron chi connectivity index (χ2n) is 4.15. The molecule has 1 aliphatic heterocycles. The van der Waals surface area contributed by atoms with E-state index in [0.717, 1.165) is 13.1 Å². The quantitative estimate of drug-likeness (QED) is 0.684. The summed E-state index contributed by atoms with van der Waals surface area (Å²) in [6, 6.07) is 10.5. The van der Waals surface area contributed by atoms with Crippen LogP contribution in [-0.2, 0) is 0 Å². The van der Waals surface area contributed by atoms with Gasteiger partial charge in [0.1, 0.15) is 0 Å². The molecule has 0 radical (unpaired) electrons. The van der Waals surface area contributed by atoms with Crippen molar-refractivity contribution in [2.24, 2.45) is 0 Å². The number of rotatable bonds is 1. The first kappa shape index (κ1) is 10.0. The van der Waals surface area contributed by atoms with Gasteiger partial charge in [-0.1, -0.05) is 30.3 Å². The van der Waals surface area contributed by atoms with Crippen LogP contribution in [0.15, 0.2) is 30.3 Å². The molecule has 1 aromatic rings. The Hall–Kier alpha value is -1.51. The van der Waals surface area contributed by atoms with Gasteiger partial charge in [-0.25, -0.2) is 4.79 Å². The molecule has 0 N–H and O–H groups in total. The summed E-state index contributed by atoms with van der Waals surface area (Å²) in [7, 11) is 3.71. The molecule has 0 saturated carbocycles. The number of likely N-dealkylation sites (N-methyl/N-ethyl adjacent to an activating group) is 2. The minimum Gasteiger partial charge on any atom is -0.327 e. The number of urea groups is 1. The van der Waals surface area contributed by atoms with Gasteiger partial charge in [0, 0.05) is 33.1 Å². The topological polar surface area (TPSA) is 23.6 Å². The summed E-state index contributed by atoms with van der Waals surface area (Å²) in [4.78, 5) is 15.1. The Morgan fingerprint density at radius 1 is 1.07 bits per heavy atom. The van der Waals surface area contributed by atoms with E-state index in [2.05, 4.69) is 12.1 Å². The maximum absolute atomic E-state index is 11.6. The molecule has 0 bridgehead atoms. The molecule has 0 spiro atoms. The Kier molecular flexibility index (Phi) is 2.62. The van der Waals surface area contributed by atoms with E-state index in [-0.39, 0.29) is 6.03 Å². The number of carbonyl (C=O) groups excluding carboxylic acids is 1. The van der Waals surface area contributed by atoms with Gasteiger partial charge in [-0.3, -0.25) is 0 Å². The maximum atomic E-state index is 11.6. The lowest BCUT2D eigenvalue weighted by Crippen LogP contribution is -2.48. The van der Waals surface area contributed by atoms with Crippen LogP contribution in [0.25, 0.3) is 0 Å². The highest BCUT2D eigenvalue weighted by atomic mass is 16.2. The predicted molar refractivity (Wildman–Crippen MR) is 59.8 cm³/mol. The lowest BCUT2D eigenvalue weighted by Gasteiger charge is -2.36. The largest absolute Gasteiger partial charge is 0.327 e. The van der Waals surface area contributed by atoms with Crippen molar-refractivity contribution in [3.63, 3.8) is 0 Å². The van der Waals surface area contributed by atoms with Crippen LogP contribution in [0.3, 0.4) is 0 Å². The van der Waals surface area contributed by atoms with E-state index in [0.29, 0.717) is 5.92 Å². The number of nitrogens with zero attached hydrogens (tertiary/aromatic N) is 2. The van der Waals surface area contributed by atoms with Crippen molar-refractivity contribution in [2.75, 3.05) is 27.2 Å². The molecule has 1 aromatic carbocycles. The van der Waals surface area contributed by atoms with E-state index < -0.39 is 0 Å². The third-order valence-electron chi connectivity index (χ3n) is 2.91. The monoisotopic (exact) mass is 204 g/mol. The first-order valence-electron chi connectivity index (χ1n) is 5.19. The zero-order valence-corrected chi connectivity index (χ0v) is 9.18. The number of amides is 2. The van der Waals surface area contributed by atoms with Gasteiger partial charge in [0.15, 0.2) is 0 Å². The third kappa shape index (κ3) is 1.96. The molecule has 2 amide bonds. The van der Waals surface area contributed by atoms with Crippen LogP contribution in [-0.4, -0.2) is 43.0 Å².